The number of hydrogen-bond acceptors (Lipinski definition) is 4. The Kier molecular flexibility index (Phi) is 3.59. The lowest BCUT2D eigenvalue weighted by molar-refractivity contribution is 0.171. The minimum Gasteiger partial charge on any atom is -0.494 e. The molecule has 1 aromatic heterocycles. The number of fused-ring (bicyclic) bond motifs is 1. The van der Waals surface area contributed by atoms with E-state index >= 15 is 0 Å². The van der Waals surface area contributed by atoms with Crippen LogP contribution in [0.15, 0.2) is 30.3 Å². The van der Waals surface area contributed by atoms with Crippen molar-refractivity contribution in [3.05, 3.63) is 36.0 Å². The fraction of sp³-hybridized carbons (Fsp3) is 0.438. The number of pyridine rings is 1. The molecule has 0 spiro atoms. The Morgan fingerprint density at radius 3 is 3.00 bits per heavy atom. The first-order valence-electron chi connectivity index (χ1n) is 6.96. The van der Waals surface area contributed by atoms with Crippen LogP contribution in [-0.2, 0) is 11.3 Å². The van der Waals surface area contributed by atoms with Gasteiger partial charge in [-0.25, -0.2) is 4.98 Å². The largest absolute Gasteiger partial charge is 0.494 e. The zero-order valence-corrected chi connectivity index (χ0v) is 12.0. The third kappa shape index (κ3) is 2.62. The molecule has 0 saturated carbocycles. The molecule has 3 rings (SSSR count). The van der Waals surface area contributed by atoms with Gasteiger partial charge in [0.2, 0.25) is 0 Å². The van der Waals surface area contributed by atoms with Crippen LogP contribution < -0.4 is 10.1 Å². The summed E-state index contributed by atoms with van der Waals surface area (Å²) >= 11 is 0. The third-order valence-electron chi connectivity index (χ3n) is 3.88. The van der Waals surface area contributed by atoms with Crippen LogP contribution in [-0.4, -0.2) is 30.8 Å². The van der Waals surface area contributed by atoms with Gasteiger partial charge in [-0.1, -0.05) is 18.2 Å². The monoisotopic (exact) mass is 272 g/mol. The Bertz CT molecular complexity index is 606. The summed E-state index contributed by atoms with van der Waals surface area (Å²) in [6.45, 7) is 4.54. The van der Waals surface area contributed by atoms with Crippen LogP contribution in [0.1, 0.15) is 19.0 Å². The summed E-state index contributed by atoms with van der Waals surface area (Å²) in [5.41, 5.74) is 2.01. The summed E-state index contributed by atoms with van der Waals surface area (Å²) in [6, 6.07) is 10.1. The molecule has 4 nitrogen and oxygen atoms in total. The highest BCUT2D eigenvalue weighted by atomic mass is 16.5. The van der Waals surface area contributed by atoms with Crippen molar-refractivity contribution in [2.75, 3.05) is 20.3 Å². The van der Waals surface area contributed by atoms with Gasteiger partial charge in [-0.05, 0) is 25.5 Å². The van der Waals surface area contributed by atoms with Crippen molar-refractivity contribution in [1.29, 1.82) is 0 Å². The zero-order chi connectivity index (χ0) is 14.0. The zero-order valence-electron chi connectivity index (χ0n) is 12.0. The summed E-state index contributed by atoms with van der Waals surface area (Å²) in [6.07, 6.45) is 1.05. The van der Waals surface area contributed by atoms with Crippen LogP contribution in [0.25, 0.3) is 10.9 Å². The van der Waals surface area contributed by atoms with E-state index in [1.54, 1.807) is 7.11 Å². The van der Waals surface area contributed by atoms with Crippen LogP contribution >= 0.6 is 0 Å². The van der Waals surface area contributed by atoms with E-state index in [2.05, 4.69) is 24.4 Å². The molecule has 1 aromatic carbocycles. The van der Waals surface area contributed by atoms with E-state index in [0.717, 1.165) is 48.5 Å². The van der Waals surface area contributed by atoms with E-state index in [1.165, 1.54) is 0 Å². The van der Waals surface area contributed by atoms with Gasteiger partial charge >= 0.3 is 0 Å². The molecule has 1 atom stereocenters. The maximum atomic E-state index is 5.45. The second-order valence-electron chi connectivity index (χ2n) is 5.55. The Balaban J connectivity index is 1.81. The van der Waals surface area contributed by atoms with E-state index in [1.807, 2.05) is 18.2 Å². The maximum Gasteiger partial charge on any atom is 0.145 e. The number of hydrogen-bond donors (Lipinski definition) is 1. The molecule has 1 fully saturated rings. The average molecular weight is 272 g/mol. The van der Waals surface area contributed by atoms with Crippen molar-refractivity contribution < 1.29 is 9.47 Å². The van der Waals surface area contributed by atoms with Crippen molar-refractivity contribution in [3.8, 4) is 5.75 Å². The van der Waals surface area contributed by atoms with Gasteiger partial charge in [0, 0.05) is 24.1 Å². The quantitative estimate of drug-likeness (QED) is 0.928. The standard InChI is InChI=1S/C16H20N2O2/c1-16(8-9-20-11-16)17-10-13-7-6-12-4-3-5-14(19-2)15(12)18-13/h3-7,17H,8-11H2,1-2H3. The highest BCUT2D eigenvalue weighted by Gasteiger charge is 2.28. The highest BCUT2D eigenvalue weighted by Crippen LogP contribution is 2.24. The van der Waals surface area contributed by atoms with Gasteiger partial charge in [0.15, 0.2) is 0 Å². The van der Waals surface area contributed by atoms with E-state index in [4.69, 9.17) is 14.5 Å². The fourth-order valence-corrected chi connectivity index (χ4v) is 2.53. The van der Waals surface area contributed by atoms with Crippen LogP contribution in [0.4, 0.5) is 0 Å². The van der Waals surface area contributed by atoms with Crippen molar-refractivity contribution in [2.45, 2.75) is 25.4 Å². The molecule has 1 saturated heterocycles. The molecule has 20 heavy (non-hydrogen) atoms. The van der Waals surface area contributed by atoms with Gasteiger partial charge in [0.1, 0.15) is 11.3 Å². The lowest BCUT2D eigenvalue weighted by Crippen LogP contribution is -2.42. The second-order valence-corrected chi connectivity index (χ2v) is 5.55. The van der Waals surface area contributed by atoms with E-state index in [0.29, 0.717) is 0 Å². The van der Waals surface area contributed by atoms with Crippen LogP contribution in [0.5, 0.6) is 5.75 Å². The molecular formula is C16H20N2O2. The Labute approximate surface area is 119 Å². The molecule has 106 valence electrons. The smallest absolute Gasteiger partial charge is 0.145 e. The van der Waals surface area contributed by atoms with E-state index in [-0.39, 0.29) is 5.54 Å². The normalized spacial score (nSPS) is 22.3. The minimum atomic E-state index is 0.0669. The lowest BCUT2D eigenvalue weighted by Gasteiger charge is -2.23. The molecular weight excluding hydrogens is 252 g/mol. The van der Waals surface area contributed by atoms with Gasteiger partial charge in [-0.2, -0.15) is 0 Å². The number of para-hydroxylation sites is 1. The fourth-order valence-electron chi connectivity index (χ4n) is 2.53. The second kappa shape index (κ2) is 5.38. The SMILES string of the molecule is COc1cccc2ccc(CNC3(C)CCOC3)nc12. The molecule has 0 amide bonds. The molecule has 1 aliphatic heterocycles. The maximum absolute atomic E-state index is 5.45. The number of aromatic nitrogens is 1. The van der Waals surface area contributed by atoms with Crippen LogP contribution in [0.2, 0.25) is 0 Å². The number of rotatable bonds is 4. The molecule has 2 aromatic rings. The van der Waals surface area contributed by atoms with Gasteiger partial charge in [-0.3, -0.25) is 0 Å². The van der Waals surface area contributed by atoms with Gasteiger partial charge in [0.25, 0.3) is 0 Å². The number of methoxy groups -OCH3 is 1. The number of ether oxygens (including phenoxy) is 2. The van der Waals surface area contributed by atoms with Crippen LogP contribution in [0.3, 0.4) is 0 Å². The first kappa shape index (κ1) is 13.3. The lowest BCUT2D eigenvalue weighted by atomic mass is 10.0. The number of benzene rings is 1. The molecule has 0 radical (unpaired) electrons. The molecule has 1 aliphatic rings. The summed E-state index contributed by atoms with van der Waals surface area (Å²) < 4.78 is 10.8. The van der Waals surface area contributed by atoms with E-state index < -0.39 is 0 Å². The molecule has 2 heterocycles. The first-order valence-corrected chi connectivity index (χ1v) is 6.96. The Hall–Kier alpha value is -1.65. The van der Waals surface area contributed by atoms with Crippen LogP contribution in [0, 0.1) is 0 Å². The Morgan fingerprint density at radius 2 is 2.25 bits per heavy atom. The van der Waals surface area contributed by atoms with Crippen molar-refractivity contribution in [1.82, 2.24) is 10.3 Å². The predicted molar refractivity (Wildman–Crippen MR) is 79.0 cm³/mol. The first-order chi connectivity index (χ1) is 9.70. The van der Waals surface area contributed by atoms with Gasteiger partial charge in [-0.15, -0.1) is 0 Å². The Morgan fingerprint density at radius 1 is 1.35 bits per heavy atom. The summed E-state index contributed by atoms with van der Waals surface area (Å²) in [5.74, 6) is 0.819. The van der Waals surface area contributed by atoms with Crippen molar-refractivity contribution in [2.24, 2.45) is 0 Å². The summed E-state index contributed by atoms with van der Waals surface area (Å²) in [4.78, 5) is 4.71. The number of nitrogens with one attached hydrogen (secondary N) is 1. The van der Waals surface area contributed by atoms with E-state index in [9.17, 15) is 0 Å². The molecule has 4 heteroatoms. The summed E-state index contributed by atoms with van der Waals surface area (Å²) in [5, 5.41) is 4.65. The van der Waals surface area contributed by atoms with Crippen molar-refractivity contribution >= 4 is 10.9 Å². The predicted octanol–water partition coefficient (Wildman–Crippen LogP) is 2.51. The molecule has 0 bridgehead atoms. The highest BCUT2D eigenvalue weighted by molar-refractivity contribution is 5.84. The number of nitrogens with zero attached hydrogens (tertiary/aromatic N) is 1. The third-order valence-corrected chi connectivity index (χ3v) is 3.88. The van der Waals surface area contributed by atoms with Crippen molar-refractivity contribution in [3.63, 3.8) is 0 Å². The molecule has 0 aliphatic carbocycles. The minimum absolute atomic E-state index is 0.0669. The van der Waals surface area contributed by atoms with Gasteiger partial charge in [0.05, 0.1) is 19.4 Å². The molecule has 1 unspecified atom stereocenters. The van der Waals surface area contributed by atoms with Gasteiger partial charge < -0.3 is 14.8 Å². The average Bonchev–Trinajstić information content (AvgIpc) is 2.91. The summed E-state index contributed by atoms with van der Waals surface area (Å²) in [7, 11) is 1.68. The molecule has 1 N–H and O–H groups in total. The topological polar surface area (TPSA) is 43.4 Å².